The lowest BCUT2D eigenvalue weighted by Gasteiger charge is -2.33. The Morgan fingerprint density at radius 2 is 1.88 bits per heavy atom. The molecule has 0 saturated carbocycles. The zero-order chi connectivity index (χ0) is 30.8. The first-order valence-electron chi connectivity index (χ1n) is 13.5. The first-order chi connectivity index (χ1) is 20.2. The standard InChI is InChI=1S/C27H24ClF5N6O4/c28-17-9-13-8-14(23(41)38(12-26(29,30)31)11-16(13)20-21(17)35-24(42)27(20,32)33)10-19(40)37-6-3-15(4-7-37)39-18-2-1-5-34-22(18)36-25(39)43/h1-2,5,9,14-15H,3-4,6-8,10-12H2,(H,35,42)(H,34,36,43)/t14-/m0/s1. The monoisotopic (exact) mass is 626 g/mol. The van der Waals surface area contributed by atoms with Crippen LogP contribution in [0.25, 0.3) is 11.2 Å². The fourth-order valence-corrected chi connectivity index (χ4v) is 6.58. The first-order valence-corrected chi connectivity index (χ1v) is 13.8. The Morgan fingerprint density at radius 3 is 2.58 bits per heavy atom. The highest BCUT2D eigenvalue weighted by Crippen LogP contribution is 2.48. The van der Waals surface area contributed by atoms with Gasteiger partial charge in [-0.25, -0.2) is 9.78 Å². The van der Waals surface area contributed by atoms with Gasteiger partial charge in [0.05, 0.1) is 27.7 Å². The van der Waals surface area contributed by atoms with Crippen molar-refractivity contribution in [2.45, 2.75) is 50.4 Å². The summed E-state index contributed by atoms with van der Waals surface area (Å²) in [5.74, 6) is -8.53. The van der Waals surface area contributed by atoms with Gasteiger partial charge in [0, 0.05) is 38.3 Å². The van der Waals surface area contributed by atoms with E-state index in [1.807, 2.05) is 5.32 Å². The lowest BCUT2D eigenvalue weighted by atomic mass is 9.90. The molecule has 0 spiro atoms. The van der Waals surface area contributed by atoms with Crippen molar-refractivity contribution in [3.8, 4) is 0 Å². The summed E-state index contributed by atoms with van der Waals surface area (Å²) in [7, 11) is 0. The van der Waals surface area contributed by atoms with Crippen LogP contribution in [0.3, 0.4) is 0 Å². The van der Waals surface area contributed by atoms with E-state index >= 15 is 0 Å². The van der Waals surface area contributed by atoms with Crippen molar-refractivity contribution < 1.29 is 36.3 Å². The summed E-state index contributed by atoms with van der Waals surface area (Å²) in [4.78, 5) is 60.0. The van der Waals surface area contributed by atoms with Gasteiger partial charge in [-0.1, -0.05) is 11.6 Å². The van der Waals surface area contributed by atoms with Crippen LogP contribution in [-0.4, -0.2) is 67.9 Å². The summed E-state index contributed by atoms with van der Waals surface area (Å²) in [6.07, 6.45) is -3.26. The number of piperidine rings is 1. The maximum atomic E-state index is 14.9. The topological polar surface area (TPSA) is 120 Å². The van der Waals surface area contributed by atoms with Crippen molar-refractivity contribution in [3.63, 3.8) is 0 Å². The lowest BCUT2D eigenvalue weighted by molar-refractivity contribution is -0.165. The number of carbonyl (C=O) groups is 3. The highest BCUT2D eigenvalue weighted by Gasteiger charge is 2.52. The normalized spacial score (nSPS) is 20.7. The quantitative estimate of drug-likeness (QED) is 0.428. The molecule has 6 rings (SSSR count). The predicted molar refractivity (Wildman–Crippen MR) is 142 cm³/mol. The van der Waals surface area contributed by atoms with E-state index in [2.05, 4.69) is 9.97 Å². The van der Waals surface area contributed by atoms with Gasteiger partial charge in [-0.2, -0.15) is 22.0 Å². The van der Waals surface area contributed by atoms with Gasteiger partial charge in [-0.3, -0.25) is 23.9 Å². The molecule has 2 N–H and O–H groups in total. The summed E-state index contributed by atoms with van der Waals surface area (Å²) in [5, 5.41) is 1.74. The number of halogens is 6. The van der Waals surface area contributed by atoms with Gasteiger partial charge in [-0.15, -0.1) is 0 Å². The van der Waals surface area contributed by atoms with E-state index in [0.717, 1.165) is 0 Å². The van der Waals surface area contributed by atoms with Gasteiger partial charge in [0.15, 0.2) is 5.65 Å². The Labute approximate surface area is 244 Å². The first kappa shape index (κ1) is 29.1. The predicted octanol–water partition coefficient (Wildman–Crippen LogP) is 3.74. The molecular weight excluding hydrogens is 603 g/mol. The van der Waals surface area contributed by atoms with Crippen LogP contribution in [0.2, 0.25) is 5.02 Å². The van der Waals surface area contributed by atoms with Crippen LogP contribution in [0.4, 0.5) is 27.6 Å². The molecule has 43 heavy (non-hydrogen) atoms. The van der Waals surface area contributed by atoms with E-state index in [-0.39, 0.29) is 47.4 Å². The summed E-state index contributed by atoms with van der Waals surface area (Å²) in [6.45, 7) is -2.10. The van der Waals surface area contributed by atoms with Crippen molar-refractivity contribution in [1.29, 1.82) is 0 Å². The number of hydrogen-bond donors (Lipinski definition) is 2. The molecular formula is C27H24ClF5N6O4. The third-order valence-corrected chi connectivity index (χ3v) is 8.55. The molecule has 0 radical (unpaired) electrons. The molecule has 0 aliphatic carbocycles. The van der Waals surface area contributed by atoms with E-state index in [1.165, 1.54) is 11.0 Å². The molecule has 3 amide bonds. The number of nitrogens with zero attached hydrogens (tertiary/aromatic N) is 4. The Morgan fingerprint density at radius 1 is 1.16 bits per heavy atom. The second kappa shape index (κ2) is 10.3. The van der Waals surface area contributed by atoms with E-state index in [1.54, 1.807) is 22.9 Å². The number of aromatic amines is 1. The number of rotatable bonds is 4. The number of alkyl halides is 5. The molecule has 3 aliphatic heterocycles. The number of likely N-dealkylation sites (tertiary alicyclic amines) is 1. The molecule has 3 aromatic rings. The van der Waals surface area contributed by atoms with Crippen molar-refractivity contribution in [3.05, 3.63) is 56.6 Å². The number of amides is 3. The van der Waals surface area contributed by atoms with Crippen molar-refractivity contribution in [2.75, 3.05) is 25.0 Å². The number of fused-ring (bicyclic) bond motifs is 4. The molecule has 1 atom stereocenters. The van der Waals surface area contributed by atoms with E-state index in [9.17, 15) is 41.1 Å². The zero-order valence-electron chi connectivity index (χ0n) is 22.3. The van der Waals surface area contributed by atoms with E-state index < -0.39 is 66.5 Å². The zero-order valence-corrected chi connectivity index (χ0v) is 23.1. The van der Waals surface area contributed by atoms with Crippen molar-refractivity contribution in [2.24, 2.45) is 5.92 Å². The fraction of sp³-hybridized carbons (Fsp3) is 0.444. The maximum Gasteiger partial charge on any atom is 0.406 e. The SMILES string of the molecule is O=C(C[C@@H]1Cc2cc(Cl)c3c(c2CN(CC(F)(F)F)C1=O)C(F)(F)C(=O)N3)N1CCC(n2c(=O)[nH]c3ncccc32)CC1. The van der Waals surface area contributed by atoms with Gasteiger partial charge in [0.2, 0.25) is 11.8 Å². The largest absolute Gasteiger partial charge is 0.406 e. The number of hydrogen-bond acceptors (Lipinski definition) is 5. The van der Waals surface area contributed by atoms with Gasteiger partial charge in [0.1, 0.15) is 6.54 Å². The molecule has 1 saturated heterocycles. The summed E-state index contributed by atoms with van der Waals surface area (Å²) in [6, 6.07) is 4.47. The molecule has 228 valence electrons. The van der Waals surface area contributed by atoms with Crippen LogP contribution >= 0.6 is 11.6 Å². The summed E-state index contributed by atoms with van der Waals surface area (Å²) >= 11 is 6.18. The average molecular weight is 627 g/mol. The van der Waals surface area contributed by atoms with Crippen molar-refractivity contribution in [1.82, 2.24) is 24.3 Å². The summed E-state index contributed by atoms with van der Waals surface area (Å²) in [5.41, 5.74) is -0.758. The van der Waals surface area contributed by atoms with Crippen LogP contribution < -0.4 is 11.0 Å². The third-order valence-electron chi connectivity index (χ3n) is 8.26. The number of imidazole rings is 1. The molecule has 10 nitrogen and oxygen atoms in total. The molecule has 2 aromatic heterocycles. The van der Waals surface area contributed by atoms with E-state index in [0.29, 0.717) is 28.9 Å². The molecule has 1 fully saturated rings. The molecule has 16 heteroatoms. The van der Waals surface area contributed by atoms with Crippen LogP contribution in [0.15, 0.2) is 29.2 Å². The number of carbonyl (C=O) groups excluding carboxylic acids is 3. The maximum absolute atomic E-state index is 14.9. The van der Waals surface area contributed by atoms with Crippen LogP contribution in [0, 0.1) is 5.92 Å². The van der Waals surface area contributed by atoms with Crippen LogP contribution in [0.1, 0.15) is 42.0 Å². The molecule has 5 heterocycles. The Hall–Kier alpha value is -4.01. The lowest BCUT2D eigenvalue weighted by Crippen LogP contribution is -2.44. The van der Waals surface area contributed by atoms with Crippen LogP contribution in [0.5, 0.6) is 0 Å². The molecule has 3 aliphatic rings. The molecule has 1 aromatic carbocycles. The number of pyridine rings is 1. The second-order valence-corrected chi connectivity index (χ2v) is 11.4. The Kier molecular flexibility index (Phi) is 6.98. The smallest absolute Gasteiger partial charge is 0.343 e. The number of aromatic nitrogens is 3. The molecule has 0 bridgehead atoms. The number of benzene rings is 1. The summed E-state index contributed by atoms with van der Waals surface area (Å²) < 4.78 is 71.9. The fourth-order valence-electron chi connectivity index (χ4n) is 6.30. The number of nitrogens with one attached hydrogen (secondary N) is 2. The molecule has 0 unspecified atom stereocenters. The van der Waals surface area contributed by atoms with Gasteiger partial charge >= 0.3 is 17.8 Å². The minimum atomic E-state index is -4.85. The van der Waals surface area contributed by atoms with Crippen molar-refractivity contribution >= 4 is 46.2 Å². The van der Waals surface area contributed by atoms with Gasteiger partial charge in [0.25, 0.3) is 5.91 Å². The van der Waals surface area contributed by atoms with Gasteiger partial charge < -0.3 is 15.1 Å². The van der Waals surface area contributed by atoms with Crippen LogP contribution in [-0.2, 0) is 33.3 Å². The minimum absolute atomic E-state index is 0.0711. The highest BCUT2D eigenvalue weighted by molar-refractivity contribution is 6.35. The Balaban J connectivity index is 1.24. The number of H-pyrrole nitrogens is 1. The van der Waals surface area contributed by atoms with Gasteiger partial charge in [-0.05, 0) is 48.6 Å². The van der Waals surface area contributed by atoms with E-state index in [4.69, 9.17) is 11.6 Å². The third kappa shape index (κ3) is 5.12. The second-order valence-electron chi connectivity index (χ2n) is 11.0. The minimum Gasteiger partial charge on any atom is -0.343 e. The average Bonchev–Trinajstić information content (AvgIpc) is 3.36. The number of anilines is 1. The Bertz CT molecular complexity index is 1710. The highest BCUT2D eigenvalue weighted by atomic mass is 35.5.